The third kappa shape index (κ3) is 4.22. The molecule has 1 aromatic carbocycles. The summed E-state index contributed by atoms with van der Waals surface area (Å²) in [6, 6.07) is 11.7. The first-order valence-corrected chi connectivity index (χ1v) is 10.1. The van der Waals surface area contributed by atoms with Gasteiger partial charge in [-0.1, -0.05) is 47.1 Å². The number of aromatic nitrogens is 1. The van der Waals surface area contributed by atoms with Crippen LogP contribution >= 0.6 is 11.6 Å². The first-order chi connectivity index (χ1) is 13.5. The predicted octanol–water partition coefficient (Wildman–Crippen LogP) is 3.30. The van der Waals surface area contributed by atoms with Crippen LogP contribution in [0.1, 0.15) is 37.0 Å². The van der Waals surface area contributed by atoms with Crippen molar-refractivity contribution in [2.24, 2.45) is 5.41 Å². The molecule has 2 aromatic rings. The lowest BCUT2D eigenvalue weighted by Gasteiger charge is -2.38. The zero-order chi connectivity index (χ0) is 19.6. The van der Waals surface area contributed by atoms with E-state index in [1.54, 1.807) is 6.07 Å². The topological polar surface area (TPSA) is 66.7 Å². The van der Waals surface area contributed by atoms with E-state index in [-0.39, 0.29) is 17.2 Å². The molecule has 2 fully saturated rings. The second kappa shape index (κ2) is 7.95. The van der Waals surface area contributed by atoms with Gasteiger partial charge in [0.2, 0.25) is 11.8 Å². The van der Waals surface area contributed by atoms with Gasteiger partial charge in [0.1, 0.15) is 5.76 Å². The number of hydrogen-bond donors (Lipinski definition) is 0. The summed E-state index contributed by atoms with van der Waals surface area (Å²) >= 11 is 5.74. The van der Waals surface area contributed by atoms with E-state index < -0.39 is 0 Å². The Kier molecular flexibility index (Phi) is 5.40. The monoisotopic (exact) mass is 401 g/mol. The molecule has 0 bridgehead atoms. The van der Waals surface area contributed by atoms with Gasteiger partial charge in [-0.15, -0.1) is 0 Å². The number of piperidine rings is 1. The fraction of sp³-hybridized carbons (Fsp3) is 0.476. The summed E-state index contributed by atoms with van der Waals surface area (Å²) in [4.78, 5) is 28.9. The average Bonchev–Trinajstić information content (AvgIpc) is 3.24. The Balaban J connectivity index is 1.28. The summed E-state index contributed by atoms with van der Waals surface area (Å²) in [5, 5.41) is 3.94. The van der Waals surface area contributed by atoms with Crippen molar-refractivity contribution in [1.82, 2.24) is 15.0 Å². The Morgan fingerprint density at radius 1 is 1.21 bits per heavy atom. The minimum absolute atomic E-state index is 0.0150. The van der Waals surface area contributed by atoms with E-state index in [1.807, 2.05) is 28.0 Å². The molecule has 1 aromatic heterocycles. The van der Waals surface area contributed by atoms with Crippen LogP contribution in [0.25, 0.3) is 0 Å². The lowest BCUT2D eigenvalue weighted by Crippen LogP contribution is -2.44. The zero-order valence-corrected chi connectivity index (χ0v) is 16.5. The van der Waals surface area contributed by atoms with Gasteiger partial charge in [-0.3, -0.25) is 9.59 Å². The van der Waals surface area contributed by atoms with Crippen LogP contribution < -0.4 is 0 Å². The number of benzene rings is 1. The first-order valence-electron chi connectivity index (χ1n) is 9.74. The van der Waals surface area contributed by atoms with Crippen molar-refractivity contribution in [3.8, 4) is 0 Å². The minimum atomic E-state index is 0.0150. The third-order valence-electron chi connectivity index (χ3n) is 5.91. The lowest BCUT2D eigenvalue weighted by atomic mass is 9.77. The molecule has 4 rings (SSSR count). The van der Waals surface area contributed by atoms with Crippen LogP contribution in [-0.4, -0.2) is 46.4 Å². The normalized spacial score (nSPS) is 18.8. The summed E-state index contributed by atoms with van der Waals surface area (Å²) in [6.07, 6.45) is 3.24. The van der Waals surface area contributed by atoms with Crippen LogP contribution in [0.3, 0.4) is 0 Å². The maximum absolute atomic E-state index is 12.5. The van der Waals surface area contributed by atoms with Gasteiger partial charge in [-0.25, -0.2) is 0 Å². The quantitative estimate of drug-likeness (QED) is 0.770. The number of hydrogen-bond acceptors (Lipinski definition) is 4. The molecule has 28 heavy (non-hydrogen) atoms. The molecule has 3 heterocycles. The molecule has 0 radical (unpaired) electrons. The van der Waals surface area contributed by atoms with Gasteiger partial charge >= 0.3 is 0 Å². The van der Waals surface area contributed by atoms with E-state index in [0.29, 0.717) is 49.8 Å². The van der Waals surface area contributed by atoms with Crippen molar-refractivity contribution in [1.29, 1.82) is 0 Å². The molecule has 0 atom stereocenters. The van der Waals surface area contributed by atoms with Crippen LogP contribution in [0.2, 0.25) is 5.15 Å². The average molecular weight is 402 g/mol. The standard InChI is InChI=1S/C21H24ClN3O3/c22-18-12-17(28-23-18)6-7-19(26)24-10-8-21(9-11-24)13-20(27)25(15-21)14-16-4-2-1-3-5-16/h1-5,12H,6-11,13-15H2. The SMILES string of the molecule is O=C(CCc1cc(Cl)no1)N1CCC2(CC1)CC(=O)N(Cc1ccccc1)C2. The second-order valence-corrected chi connectivity index (χ2v) is 8.30. The molecule has 1 spiro atoms. The molecule has 2 aliphatic heterocycles. The summed E-state index contributed by atoms with van der Waals surface area (Å²) in [6.45, 7) is 2.88. The molecule has 0 aliphatic carbocycles. The predicted molar refractivity (Wildman–Crippen MR) is 105 cm³/mol. The Labute approximate surface area is 169 Å². The van der Waals surface area contributed by atoms with E-state index >= 15 is 0 Å². The van der Waals surface area contributed by atoms with Gasteiger partial charge in [0, 0.05) is 56.9 Å². The van der Waals surface area contributed by atoms with Gasteiger partial charge in [0.15, 0.2) is 5.15 Å². The number of nitrogens with zero attached hydrogens (tertiary/aromatic N) is 3. The molecule has 2 aliphatic rings. The van der Waals surface area contributed by atoms with Gasteiger partial charge < -0.3 is 14.3 Å². The van der Waals surface area contributed by atoms with Crippen LogP contribution in [0.5, 0.6) is 0 Å². The largest absolute Gasteiger partial charge is 0.360 e. The third-order valence-corrected chi connectivity index (χ3v) is 6.09. The van der Waals surface area contributed by atoms with Crippen LogP contribution in [0.4, 0.5) is 0 Å². The lowest BCUT2D eigenvalue weighted by molar-refractivity contribution is -0.133. The van der Waals surface area contributed by atoms with E-state index in [0.717, 1.165) is 24.9 Å². The number of halogens is 1. The maximum Gasteiger partial charge on any atom is 0.223 e. The maximum atomic E-state index is 12.5. The number of likely N-dealkylation sites (tertiary alicyclic amines) is 2. The highest BCUT2D eigenvalue weighted by Gasteiger charge is 2.45. The molecule has 6 nitrogen and oxygen atoms in total. The fourth-order valence-electron chi connectivity index (χ4n) is 4.29. The Hall–Kier alpha value is -2.34. The minimum Gasteiger partial charge on any atom is -0.360 e. The Bertz CT molecular complexity index is 844. The fourth-order valence-corrected chi connectivity index (χ4v) is 4.44. The van der Waals surface area contributed by atoms with E-state index in [4.69, 9.17) is 16.1 Å². The smallest absolute Gasteiger partial charge is 0.223 e. The zero-order valence-electron chi connectivity index (χ0n) is 15.8. The Morgan fingerprint density at radius 2 is 1.96 bits per heavy atom. The summed E-state index contributed by atoms with van der Waals surface area (Å²) in [5.41, 5.74) is 1.18. The molecule has 0 N–H and O–H groups in total. The molecular weight excluding hydrogens is 378 g/mol. The summed E-state index contributed by atoms with van der Waals surface area (Å²) < 4.78 is 5.05. The summed E-state index contributed by atoms with van der Waals surface area (Å²) in [5.74, 6) is 0.975. The van der Waals surface area contributed by atoms with Crippen molar-refractivity contribution < 1.29 is 14.1 Å². The van der Waals surface area contributed by atoms with Crippen molar-refractivity contribution >= 4 is 23.4 Å². The first kappa shape index (κ1) is 19.0. The van der Waals surface area contributed by atoms with Crippen molar-refractivity contribution in [3.05, 3.63) is 52.9 Å². The summed E-state index contributed by atoms with van der Waals surface area (Å²) in [7, 11) is 0. The van der Waals surface area contributed by atoms with Gasteiger partial charge in [0.25, 0.3) is 0 Å². The number of amides is 2. The van der Waals surface area contributed by atoms with Gasteiger partial charge in [-0.05, 0) is 18.4 Å². The number of carbonyl (C=O) groups excluding carboxylic acids is 2. The van der Waals surface area contributed by atoms with E-state index in [2.05, 4.69) is 17.3 Å². The molecule has 2 amide bonds. The van der Waals surface area contributed by atoms with Crippen molar-refractivity contribution in [2.45, 2.75) is 38.6 Å². The van der Waals surface area contributed by atoms with Crippen molar-refractivity contribution in [3.63, 3.8) is 0 Å². The second-order valence-electron chi connectivity index (χ2n) is 7.91. The molecular formula is C21H24ClN3O3. The molecule has 7 heteroatoms. The molecule has 2 saturated heterocycles. The van der Waals surface area contributed by atoms with Gasteiger partial charge in [-0.2, -0.15) is 0 Å². The molecule has 0 unspecified atom stereocenters. The van der Waals surface area contributed by atoms with Crippen LogP contribution in [0, 0.1) is 5.41 Å². The van der Waals surface area contributed by atoms with Crippen molar-refractivity contribution in [2.75, 3.05) is 19.6 Å². The number of aryl methyl sites for hydroxylation is 1. The molecule has 148 valence electrons. The highest BCUT2D eigenvalue weighted by atomic mass is 35.5. The highest BCUT2D eigenvalue weighted by molar-refractivity contribution is 6.29. The van der Waals surface area contributed by atoms with Gasteiger partial charge in [0.05, 0.1) is 0 Å². The number of carbonyl (C=O) groups is 2. The van der Waals surface area contributed by atoms with E-state index in [1.165, 1.54) is 0 Å². The Morgan fingerprint density at radius 3 is 2.64 bits per heavy atom. The van der Waals surface area contributed by atoms with Crippen LogP contribution in [0.15, 0.2) is 40.9 Å². The number of rotatable bonds is 5. The van der Waals surface area contributed by atoms with E-state index in [9.17, 15) is 9.59 Å². The molecule has 0 saturated carbocycles. The highest BCUT2D eigenvalue weighted by Crippen LogP contribution is 2.41. The van der Waals surface area contributed by atoms with Crippen LogP contribution in [-0.2, 0) is 22.6 Å².